The van der Waals surface area contributed by atoms with Crippen LogP contribution in [0.5, 0.6) is 0 Å². The number of nitrogens with one attached hydrogen (secondary N) is 1. The number of halogens is 1. The summed E-state index contributed by atoms with van der Waals surface area (Å²) in [4.78, 5) is 21.3. The van der Waals surface area contributed by atoms with Gasteiger partial charge in [0, 0.05) is 38.7 Å². The lowest BCUT2D eigenvalue weighted by Gasteiger charge is -2.25. The second-order valence-corrected chi connectivity index (χ2v) is 7.18. The average Bonchev–Trinajstić information content (AvgIpc) is 3.22. The number of urea groups is 1. The van der Waals surface area contributed by atoms with Gasteiger partial charge in [-0.2, -0.15) is 0 Å². The van der Waals surface area contributed by atoms with E-state index in [0.29, 0.717) is 13.1 Å². The van der Waals surface area contributed by atoms with Gasteiger partial charge < -0.3 is 10.2 Å². The highest BCUT2D eigenvalue weighted by Gasteiger charge is 2.22. The number of benzene rings is 2. The van der Waals surface area contributed by atoms with Gasteiger partial charge in [-0.1, -0.05) is 38.1 Å². The number of fused-ring (bicyclic) bond motifs is 1. The molecule has 0 fully saturated rings. The van der Waals surface area contributed by atoms with Crippen LogP contribution >= 0.6 is 0 Å². The van der Waals surface area contributed by atoms with Crippen molar-refractivity contribution in [1.82, 2.24) is 5.32 Å². The van der Waals surface area contributed by atoms with Crippen LogP contribution in [-0.4, -0.2) is 31.9 Å². The van der Waals surface area contributed by atoms with Gasteiger partial charge in [-0.25, -0.2) is 9.18 Å². The molecule has 1 aliphatic rings. The van der Waals surface area contributed by atoms with Gasteiger partial charge in [0.05, 0.1) is 12.2 Å². The highest BCUT2D eigenvalue weighted by atomic mass is 19.1. The molecule has 0 unspecified atom stereocenters. The Balaban J connectivity index is 0.00000177. The van der Waals surface area contributed by atoms with E-state index in [9.17, 15) is 9.18 Å². The van der Waals surface area contributed by atoms with Crippen LogP contribution in [0.1, 0.15) is 47.2 Å². The highest BCUT2D eigenvalue weighted by Crippen LogP contribution is 2.33. The zero-order chi connectivity index (χ0) is 23.5. The molecule has 2 aromatic rings. The first-order valence-electron chi connectivity index (χ1n) is 11.4. The van der Waals surface area contributed by atoms with E-state index in [1.54, 1.807) is 17.0 Å². The first-order valence-corrected chi connectivity index (χ1v) is 11.4. The van der Waals surface area contributed by atoms with E-state index < -0.39 is 0 Å². The third kappa shape index (κ3) is 6.42. The van der Waals surface area contributed by atoms with Crippen LogP contribution in [0.15, 0.2) is 59.2 Å². The van der Waals surface area contributed by atoms with Crippen LogP contribution in [0, 0.1) is 5.82 Å². The molecule has 1 aliphatic heterocycles. The number of allylic oxidation sites excluding steroid dienone is 1. The summed E-state index contributed by atoms with van der Waals surface area (Å²) >= 11 is 0. The van der Waals surface area contributed by atoms with Gasteiger partial charge in [0.15, 0.2) is 0 Å². The molecule has 0 saturated carbocycles. The van der Waals surface area contributed by atoms with Crippen molar-refractivity contribution in [3.05, 3.63) is 71.2 Å². The predicted octanol–water partition coefficient (Wildman–Crippen LogP) is 6.19. The maximum Gasteiger partial charge on any atom is 0.322 e. The molecule has 1 N–H and O–H groups in total. The molecule has 174 valence electrons. The lowest BCUT2D eigenvalue weighted by molar-refractivity contribution is 0.246. The average molecular weight is 441 g/mol. The SMILES string of the molecule is CC.CC=N/C(=C\C)CN1CCc2ccc(N(CC)C(=O)NCc3ccc(F)cc3)cc21.[HH]. The molecule has 32 heavy (non-hydrogen) atoms. The highest BCUT2D eigenvalue weighted by molar-refractivity contribution is 5.92. The molecule has 0 bridgehead atoms. The zero-order valence-electron chi connectivity index (χ0n) is 19.9. The Labute approximate surface area is 193 Å². The number of amides is 2. The lowest BCUT2D eigenvalue weighted by Crippen LogP contribution is -2.39. The number of hydrogen-bond donors (Lipinski definition) is 1. The number of hydrogen-bond acceptors (Lipinski definition) is 3. The van der Waals surface area contributed by atoms with Gasteiger partial charge in [0.25, 0.3) is 0 Å². The normalized spacial score (nSPS) is 12.9. The summed E-state index contributed by atoms with van der Waals surface area (Å²) in [7, 11) is 0. The minimum absolute atomic E-state index is 0. The molecule has 0 aromatic heterocycles. The van der Waals surface area contributed by atoms with Crippen molar-refractivity contribution in [3.63, 3.8) is 0 Å². The first-order chi connectivity index (χ1) is 15.5. The molecule has 0 atom stereocenters. The standard InChI is InChI=1S/C24H29FN4O.C2H6.H2/c1-4-21(26-5-2)17-28-14-13-19-9-12-22(15-23(19)28)29(6-3)24(30)27-16-18-7-10-20(25)11-8-18;1-2;/h4-5,7-12,15H,6,13-14,16-17H2,1-3H3,(H,27,30);1-2H3;1H/b21-4-,26-5?;;. The quantitative estimate of drug-likeness (QED) is 0.522. The van der Waals surface area contributed by atoms with Gasteiger partial charge in [-0.15, -0.1) is 0 Å². The number of nitrogens with zero attached hydrogens (tertiary/aromatic N) is 3. The summed E-state index contributed by atoms with van der Waals surface area (Å²) < 4.78 is 13.1. The fourth-order valence-electron chi connectivity index (χ4n) is 3.65. The van der Waals surface area contributed by atoms with Crippen LogP contribution in [0.2, 0.25) is 0 Å². The third-order valence-electron chi connectivity index (χ3n) is 5.27. The van der Waals surface area contributed by atoms with E-state index in [-0.39, 0.29) is 13.3 Å². The maximum absolute atomic E-state index is 13.1. The van der Waals surface area contributed by atoms with Crippen LogP contribution in [-0.2, 0) is 13.0 Å². The van der Waals surface area contributed by atoms with E-state index in [1.807, 2.05) is 53.0 Å². The molecule has 0 aliphatic carbocycles. The number of carbonyl (C=O) groups is 1. The Morgan fingerprint density at radius 1 is 1.22 bits per heavy atom. The Morgan fingerprint density at radius 3 is 2.56 bits per heavy atom. The Kier molecular flexibility index (Phi) is 9.92. The molecule has 6 heteroatoms. The fraction of sp³-hybridized carbons (Fsp3) is 0.385. The van der Waals surface area contributed by atoms with E-state index in [4.69, 9.17) is 0 Å². The Morgan fingerprint density at radius 2 is 1.94 bits per heavy atom. The van der Waals surface area contributed by atoms with Crippen molar-refractivity contribution in [1.29, 1.82) is 0 Å². The maximum atomic E-state index is 13.1. The molecule has 2 aromatic carbocycles. The predicted molar refractivity (Wildman–Crippen MR) is 135 cm³/mol. The summed E-state index contributed by atoms with van der Waals surface area (Å²) in [5.74, 6) is -0.284. The molecular weight excluding hydrogens is 403 g/mol. The van der Waals surface area contributed by atoms with Gasteiger partial charge in [-0.05, 0) is 62.6 Å². The Bertz CT molecular complexity index is 944. The molecular formula is C26H37FN4O. The van der Waals surface area contributed by atoms with Crippen molar-refractivity contribution in [2.24, 2.45) is 4.99 Å². The van der Waals surface area contributed by atoms with Crippen LogP contribution in [0.4, 0.5) is 20.6 Å². The van der Waals surface area contributed by atoms with E-state index in [0.717, 1.165) is 42.1 Å². The minimum Gasteiger partial charge on any atom is -0.365 e. The molecule has 1 heterocycles. The largest absolute Gasteiger partial charge is 0.365 e. The third-order valence-corrected chi connectivity index (χ3v) is 5.27. The number of carbonyl (C=O) groups excluding carboxylic acids is 1. The van der Waals surface area contributed by atoms with Gasteiger partial charge in [0.1, 0.15) is 5.82 Å². The van der Waals surface area contributed by atoms with E-state index in [1.165, 1.54) is 17.7 Å². The minimum atomic E-state index is -0.284. The topological polar surface area (TPSA) is 47.9 Å². The number of aliphatic imine (C=N–C) groups is 1. The van der Waals surface area contributed by atoms with E-state index >= 15 is 0 Å². The second kappa shape index (κ2) is 12.6. The molecule has 0 saturated heterocycles. The van der Waals surface area contributed by atoms with Crippen LogP contribution in [0.3, 0.4) is 0 Å². The van der Waals surface area contributed by atoms with Crippen molar-refractivity contribution >= 4 is 23.6 Å². The van der Waals surface area contributed by atoms with Crippen LogP contribution in [0.25, 0.3) is 0 Å². The molecule has 3 rings (SSSR count). The van der Waals surface area contributed by atoms with Crippen molar-refractivity contribution < 1.29 is 10.6 Å². The summed E-state index contributed by atoms with van der Waals surface area (Å²) in [6.45, 7) is 12.5. The fourth-order valence-corrected chi connectivity index (χ4v) is 3.65. The van der Waals surface area contributed by atoms with Crippen LogP contribution < -0.4 is 15.1 Å². The van der Waals surface area contributed by atoms with Crippen molar-refractivity contribution in [2.45, 2.75) is 47.6 Å². The summed E-state index contributed by atoms with van der Waals surface area (Å²) in [6, 6.07) is 12.2. The molecule has 5 nitrogen and oxygen atoms in total. The molecule has 2 amide bonds. The van der Waals surface area contributed by atoms with Crippen molar-refractivity contribution in [2.75, 3.05) is 29.4 Å². The van der Waals surface area contributed by atoms with Gasteiger partial charge in [-0.3, -0.25) is 9.89 Å². The monoisotopic (exact) mass is 440 g/mol. The van der Waals surface area contributed by atoms with Gasteiger partial charge >= 0.3 is 6.03 Å². The summed E-state index contributed by atoms with van der Waals surface area (Å²) in [5.41, 5.74) is 5.19. The van der Waals surface area contributed by atoms with Crippen molar-refractivity contribution in [3.8, 4) is 0 Å². The number of rotatable bonds is 7. The smallest absolute Gasteiger partial charge is 0.322 e. The van der Waals surface area contributed by atoms with E-state index in [2.05, 4.69) is 27.3 Å². The first kappa shape index (κ1) is 25.1. The van der Waals surface area contributed by atoms with Gasteiger partial charge in [0.2, 0.25) is 0 Å². The number of anilines is 2. The lowest BCUT2D eigenvalue weighted by atomic mass is 10.1. The zero-order valence-corrected chi connectivity index (χ0v) is 19.9. The Hall–Kier alpha value is -3.15. The summed E-state index contributed by atoms with van der Waals surface area (Å²) in [5, 5.41) is 2.93. The second-order valence-electron chi connectivity index (χ2n) is 7.18. The molecule has 0 spiro atoms. The summed E-state index contributed by atoms with van der Waals surface area (Å²) in [6.07, 6.45) is 4.83. The molecule has 0 radical (unpaired) electrons.